The molecule has 0 bridgehead atoms. The highest BCUT2D eigenvalue weighted by atomic mass is 16.1. The molecule has 1 N–H and O–H groups in total. The molecule has 1 atom stereocenters. The number of nitrogens with one attached hydrogen (secondary N) is 1. The van der Waals surface area contributed by atoms with E-state index < -0.39 is 5.54 Å². The Morgan fingerprint density at radius 3 is 1.66 bits per heavy atom. The average Bonchev–Trinajstić information content (AvgIpc) is 2.79. The first-order valence-electron chi connectivity index (χ1n) is 9.72. The number of carbonyl (C=O) groups excluding carboxylic acids is 1. The largest absolute Gasteiger partial charge is 0.338 e. The molecule has 0 fully saturated rings. The molecule has 5 heteroatoms. The summed E-state index contributed by atoms with van der Waals surface area (Å²) in [6, 6.07) is 29.4. The molecule has 0 unspecified atom stereocenters. The molecule has 0 aliphatic heterocycles. The predicted molar refractivity (Wildman–Crippen MR) is 115 cm³/mol. The highest BCUT2D eigenvalue weighted by Crippen LogP contribution is 2.36. The minimum absolute atomic E-state index is 0.134. The Kier molecular flexibility index (Phi) is 6.67. The molecule has 3 aromatic rings. The van der Waals surface area contributed by atoms with Crippen LogP contribution in [0.2, 0.25) is 0 Å². The van der Waals surface area contributed by atoms with Gasteiger partial charge in [-0.25, -0.2) is 0 Å². The molecule has 1 amide bonds. The molecule has 0 aromatic heterocycles. The van der Waals surface area contributed by atoms with Crippen LogP contribution >= 0.6 is 0 Å². The molecule has 0 aliphatic carbocycles. The van der Waals surface area contributed by atoms with Gasteiger partial charge in [0, 0.05) is 17.4 Å². The summed E-state index contributed by atoms with van der Waals surface area (Å²) in [6.45, 7) is 1.91. The molecular formula is C24H24N4O. The summed E-state index contributed by atoms with van der Waals surface area (Å²) < 4.78 is 0. The van der Waals surface area contributed by atoms with Gasteiger partial charge in [-0.2, -0.15) is 0 Å². The molecule has 146 valence electrons. The third-order valence-electron chi connectivity index (χ3n) is 5.05. The molecule has 0 saturated carbocycles. The highest BCUT2D eigenvalue weighted by Gasteiger charge is 2.37. The number of nitrogens with zero attached hydrogens (tertiary/aromatic N) is 3. The summed E-state index contributed by atoms with van der Waals surface area (Å²) in [6.07, 6.45) is 0.737. The Bertz CT molecular complexity index is 871. The summed E-state index contributed by atoms with van der Waals surface area (Å²) in [5, 5.41) is 7.03. The van der Waals surface area contributed by atoms with E-state index >= 15 is 0 Å². The number of rotatable bonds is 8. The lowest BCUT2D eigenvalue weighted by atomic mass is 9.77. The van der Waals surface area contributed by atoms with Crippen LogP contribution in [0.3, 0.4) is 0 Å². The molecular weight excluding hydrogens is 360 g/mol. The summed E-state index contributed by atoms with van der Waals surface area (Å²) in [7, 11) is 0. The zero-order chi connectivity index (χ0) is 20.5. The lowest BCUT2D eigenvalue weighted by Crippen LogP contribution is -2.48. The van der Waals surface area contributed by atoms with Crippen molar-refractivity contribution in [1.29, 1.82) is 0 Å². The first kappa shape index (κ1) is 20.2. The molecule has 0 radical (unpaired) electrons. The maximum absolute atomic E-state index is 13.1. The van der Waals surface area contributed by atoms with E-state index in [1.54, 1.807) is 0 Å². The van der Waals surface area contributed by atoms with Gasteiger partial charge in [0.1, 0.15) is 5.54 Å². The van der Waals surface area contributed by atoms with Crippen molar-refractivity contribution >= 4 is 5.91 Å². The Morgan fingerprint density at radius 2 is 1.31 bits per heavy atom. The quantitative estimate of drug-likeness (QED) is 0.234. The molecule has 0 saturated heterocycles. The number of amides is 1. The lowest BCUT2D eigenvalue weighted by molar-refractivity contribution is -0.122. The Morgan fingerprint density at radius 1 is 0.897 bits per heavy atom. The van der Waals surface area contributed by atoms with Crippen LogP contribution in [0.1, 0.15) is 36.5 Å². The van der Waals surface area contributed by atoms with E-state index in [2.05, 4.69) is 15.3 Å². The Labute approximate surface area is 171 Å². The molecule has 0 heterocycles. The van der Waals surface area contributed by atoms with E-state index in [-0.39, 0.29) is 18.4 Å². The minimum Gasteiger partial charge on any atom is -0.338 e. The van der Waals surface area contributed by atoms with Crippen molar-refractivity contribution in [2.45, 2.75) is 31.3 Å². The second-order valence-corrected chi connectivity index (χ2v) is 6.87. The van der Waals surface area contributed by atoms with Crippen LogP contribution in [-0.2, 0) is 10.3 Å². The fraction of sp³-hybridized carbons (Fsp3) is 0.208. The van der Waals surface area contributed by atoms with Crippen molar-refractivity contribution in [1.82, 2.24) is 5.32 Å². The number of hydrogen-bond donors (Lipinski definition) is 1. The molecule has 29 heavy (non-hydrogen) atoms. The van der Waals surface area contributed by atoms with E-state index in [4.69, 9.17) is 5.53 Å². The lowest BCUT2D eigenvalue weighted by Gasteiger charge is -2.37. The van der Waals surface area contributed by atoms with Gasteiger partial charge in [0.2, 0.25) is 5.91 Å². The molecule has 0 spiro atoms. The van der Waals surface area contributed by atoms with Gasteiger partial charge in [-0.1, -0.05) is 103 Å². The third kappa shape index (κ3) is 4.48. The Balaban J connectivity index is 2.15. The maximum Gasteiger partial charge on any atom is 0.221 e. The van der Waals surface area contributed by atoms with Crippen molar-refractivity contribution in [3.8, 4) is 0 Å². The number of azide groups is 1. The summed E-state index contributed by atoms with van der Waals surface area (Å²) in [5.41, 5.74) is 10.8. The third-order valence-corrected chi connectivity index (χ3v) is 5.05. The van der Waals surface area contributed by atoms with Crippen LogP contribution in [0.15, 0.2) is 96.1 Å². The van der Waals surface area contributed by atoms with E-state index in [1.165, 1.54) is 0 Å². The van der Waals surface area contributed by atoms with Gasteiger partial charge in [0.15, 0.2) is 0 Å². The van der Waals surface area contributed by atoms with Crippen LogP contribution in [0.5, 0.6) is 0 Å². The van der Waals surface area contributed by atoms with Gasteiger partial charge in [-0.3, -0.25) is 4.79 Å². The monoisotopic (exact) mass is 384 g/mol. The molecule has 3 aromatic carbocycles. The fourth-order valence-electron chi connectivity index (χ4n) is 3.59. The van der Waals surface area contributed by atoms with Crippen LogP contribution in [0, 0.1) is 0 Å². The van der Waals surface area contributed by atoms with E-state index in [9.17, 15) is 4.79 Å². The molecule has 3 rings (SSSR count). The first-order chi connectivity index (χ1) is 14.2. The van der Waals surface area contributed by atoms with Crippen molar-refractivity contribution in [2.24, 2.45) is 5.11 Å². The normalized spacial score (nSPS) is 11.9. The Hall–Kier alpha value is -3.56. The SMILES string of the molecule is CC[C@H](CC(=O)NC(c1ccccc1)(c1ccccc1)c1ccccc1)N=[N+]=[N-]. The van der Waals surface area contributed by atoms with Gasteiger partial charge in [-0.05, 0) is 28.6 Å². The topological polar surface area (TPSA) is 77.9 Å². The van der Waals surface area contributed by atoms with Crippen LogP contribution < -0.4 is 5.32 Å². The summed E-state index contributed by atoms with van der Waals surface area (Å²) in [5.74, 6) is -0.166. The van der Waals surface area contributed by atoms with E-state index in [1.807, 2.05) is 97.9 Å². The van der Waals surface area contributed by atoms with Crippen molar-refractivity contribution in [3.05, 3.63) is 118 Å². The predicted octanol–water partition coefficient (Wildman–Crippen LogP) is 5.57. The van der Waals surface area contributed by atoms with Gasteiger partial charge >= 0.3 is 0 Å². The standard InChI is InChI=1S/C24H24N4O/c1-2-22(27-28-25)18-23(29)26-24(19-12-6-3-7-13-19,20-14-8-4-9-15-20)21-16-10-5-11-17-21/h3-17,22H,2,18H2,1H3,(H,26,29)/t22-/m1/s1. The fourth-order valence-corrected chi connectivity index (χ4v) is 3.59. The smallest absolute Gasteiger partial charge is 0.221 e. The first-order valence-corrected chi connectivity index (χ1v) is 9.72. The van der Waals surface area contributed by atoms with Gasteiger partial charge < -0.3 is 5.32 Å². The average molecular weight is 384 g/mol. The van der Waals surface area contributed by atoms with Crippen LogP contribution in [0.4, 0.5) is 0 Å². The number of carbonyl (C=O) groups is 1. The maximum atomic E-state index is 13.1. The van der Waals surface area contributed by atoms with Gasteiger partial charge in [0.25, 0.3) is 0 Å². The van der Waals surface area contributed by atoms with Gasteiger partial charge in [-0.15, -0.1) is 0 Å². The minimum atomic E-state index is -0.852. The summed E-state index contributed by atoms with van der Waals surface area (Å²) >= 11 is 0. The zero-order valence-corrected chi connectivity index (χ0v) is 16.4. The summed E-state index contributed by atoms with van der Waals surface area (Å²) in [4.78, 5) is 16.0. The second-order valence-electron chi connectivity index (χ2n) is 6.87. The van der Waals surface area contributed by atoms with Crippen LogP contribution in [-0.4, -0.2) is 11.9 Å². The second kappa shape index (κ2) is 9.58. The zero-order valence-electron chi connectivity index (χ0n) is 16.4. The molecule has 0 aliphatic rings. The van der Waals surface area contributed by atoms with Crippen molar-refractivity contribution in [2.75, 3.05) is 0 Å². The van der Waals surface area contributed by atoms with Crippen molar-refractivity contribution in [3.63, 3.8) is 0 Å². The molecule has 5 nitrogen and oxygen atoms in total. The van der Waals surface area contributed by atoms with Gasteiger partial charge in [0.05, 0.1) is 0 Å². The van der Waals surface area contributed by atoms with E-state index in [0.717, 1.165) is 16.7 Å². The van der Waals surface area contributed by atoms with Crippen molar-refractivity contribution < 1.29 is 4.79 Å². The number of benzene rings is 3. The van der Waals surface area contributed by atoms with Crippen LogP contribution in [0.25, 0.3) is 10.4 Å². The number of hydrogen-bond acceptors (Lipinski definition) is 2. The van der Waals surface area contributed by atoms with E-state index in [0.29, 0.717) is 6.42 Å². The highest BCUT2D eigenvalue weighted by molar-refractivity contribution is 5.79.